The summed E-state index contributed by atoms with van der Waals surface area (Å²) < 4.78 is 0. The van der Waals surface area contributed by atoms with Gasteiger partial charge >= 0.3 is 5.97 Å². The smallest absolute Gasteiger partial charge is 0.354 e. The fraction of sp³-hybridized carbons (Fsp3) is 0.286. The summed E-state index contributed by atoms with van der Waals surface area (Å²) in [4.78, 5) is 15.2. The van der Waals surface area contributed by atoms with E-state index in [4.69, 9.17) is 10.2 Å². The van der Waals surface area contributed by atoms with E-state index in [-0.39, 0.29) is 18.2 Å². The van der Waals surface area contributed by atoms with Gasteiger partial charge in [0.25, 0.3) is 0 Å². The topological polar surface area (TPSA) is 82.5 Å². The highest BCUT2D eigenvalue weighted by atomic mass is 16.4. The first-order valence-corrected chi connectivity index (χ1v) is 6.09. The number of carbonyl (C=O) groups is 1. The number of carboxylic acids is 1. The van der Waals surface area contributed by atoms with Crippen molar-refractivity contribution in [1.29, 1.82) is 0 Å². The van der Waals surface area contributed by atoms with Gasteiger partial charge in [-0.15, -0.1) is 0 Å². The molecule has 19 heavy (non-hydrogen) atoms. The Morgan fingerprint density at radius 3 is 2.84 bits per heavy atom. The number of aromatic nitrogens is 1. The summed E-state index contributed by atoms with van der Waals surface area (Å²) in [6.45, 7) is 2.51. The molecule has 0 aliphatic heterocycles. The summed E-state index contributed by atoms with van der Waals surface area (Å²) >= 11 is 0. The summed E-state index contributed by atoms with van der Waals surface area (Å²) in [5.41, 5.74) is 0.0119. The molecule has 2 aromatic rings. The number of anilines is 1. The molecule has 1 atom stereocenters. The Kier molecular flexibility index (Phi) is 3.97. The van der Waals surface area contributed by atoms with E-state index in [9.17, 15) is 4.79 Å². The van der Waals surface area contributed by atoms with Crippen LogP contribution in [-0.4, -0.2) is 34.3 Å². The van der Waals surface area contributed by atoms with Crippen LogP contribution in [0.25, 0.3) is 10.8 Å². The van der Waals surface area contributed by atoms with Crippen molar-refractivity contribution in [3.05, 3.63) is 36.0 Å². The first-order chi connectivity index (χ1) is 9.11. The van der Waals surface area contributed by atoms with Gasteiger partial charge in [0.2, 0.25) is 0 Å². The van der Waals surface area contributed by atoms with Crippen LogP contribution in [-0.2, 0) is 0 Å². The number of rotatable bonds is 5. The predicted octanol–water partition coefficient (Wildman–Crippen LogP) is 1.97. The minimum atomic E-state index is -1.05. The molecule has 0 bridgehead atoms. The van der Waals surface area contributed by atoms with Crippen LogP contribution in [0.15, 0.2) is 30.3 Å². The van der Waals surface area contributed by atoms with Crippen molar-refractivity contribution in [3.63, 3.8) is 0 Å². The Morgan fingerprint density at radius 2 is 2.16 bits per heavy atom. The number of aliphatic hydroxyl groups excluding tert-OH is 1. The minimum absolute atomic E-state index is 0.0119. The molecule has 0 saturated heterocycles. The second-order valence-corrected chi connectivity index (χ2v) is 4.55. The normalized spacial score (nSPS) is 12.3. The third-order valence-corrected chi connectivity index (χ3v) is 2.89. The molecule has 0 saturated carbocycles. The van der Waals surface area contributed by atoms with Gasteiger partial charge in [0.05, 0.1) is 0 Å². The van der Waals surface area contributed by atoms with Crippen LogP contribution < -0.4 is 5.32 Å². The zero-order chi connectivity index (χ0) is 13.8. The van der Waals surface area contributed by atoms with Gasteiger partial charge in [-0.05, 0) is 17.4 Å². The molecule has 2 rings (SSSR count). The first-order valence-electron chi connectivity index (χ1n) is 6.09. The van der Waals surface area contributed by atoms with Crippen LogP contribution in [0.5, 0.6) is 0 Å². The molecule has 5 heteroatoms. The number of hydrogen-bond acceptors (Lipinski definition) is 4. The number of aliphatic hydroxyl groups is 1. The lowest BCUT2D eigenvalue weighted by Crippen LogP contribution is -2.16. The second-order valence-electron chi connectivity index (χ2n) is 4.55. The van der Waals surface area contributed by atoms with Crippen molar-refractivity contribution in [2.24, 2.45) is 5.92 Å². The highest BCUT2D eigenvalue weighted by molar-refractivity contribution is 5.97. The maximum Gasteiger partial charge on any atom is 0.354 e. The molecule has 1 aromatic heterocycles. The van der Waals surface area contributed by atoms with Gasteiger partial charge in [0.15, 0.2) is 5.69 Å². The summed E-state index contributed by atoms with van der Waals surface area (Å²) in [6, 6.07) is 9.03. The van der Waals surface area contributed by atoms with Crippen LogP contribution >= 0.6 is 0 Å². The number of benzene rings is 1. The van der Waals surface area contributed by atoms with Gasteiger partial charge in [-0.3, -0.25) is 0 Å². The Balaban J connectivity index is 2.41. The monoisotopic (exact) mass is 260 g/mol. The molecule has 1 unspecified atom stereocenters. The molecular formula is C14H16N2O3. The fourth-order valence-corrected chi connectivity index (χ4v) is 1.78. The molecule has 0 fully saturated rings. The Morgan fingerprint density at radius 1 is 1.42 bits per heavy atom. The molecule has 0 spiro atoms. The number of aromatic carboxylic acids is 1. The highest BCUT2D eigenvalue weighted by Gasteiger charge is 2.11. The summed E-state index contributed by atoms with van der Waals surface area (Å²) in [6.07, 6.45) is 0. The number of carboxylic acid groups (broad SMARTS) is 1. The zero-order valence-electron chi connectivity index (χ0n) is 10.6. The maximum atomic E-state index is 11.1. The van der Waals surface area contributed by atoms with Crippen LogP contribution in [0, 0.1) is 5.92 Å². The van der Waals surface area contributed by atoms with E-state index in [0.717, 1.165) is 10.8 Å². The average molecular weight is 260 g/mol. The van der Waals surface area contributed by atoms with E-state index in [1.165, 1.54) is 0 Å². The lowest BCUT2D eigenvalue weighted by molar-refractivity contribution is 0.0691. The van der Waals surface area contributed by atoms with Crippen LogP contribution in [0.3, 0.4) is 0 Å². The van der Waals surface area contributed by atoms with Crippen molar-refractivity contribution in [2.45, 2.75) is 6.92 Å². The van der Waals surface area contributed by atoms with E-state index in [2.05, 4.69) is 10.3 Å². The van der Waals surface area contributed by atoms with Gasteiger partial charge < -0.3 is 15.5 Å². The van der Waals surface area contributed by atoms with Crippen molar-refractivity contribution < 1.29 is 15.0 Å². The van der Waals surface area contributed by atoms with Crippen LogP contribution in [0.1, 0.15) is 17.4 Å². The van der Waals surface area contributed by atoms with E-state index in [0.29, 0.717) is 12.4 Å². The first kappa shape index (κ1) is 13.3. The number of nitrogens with one attached hydrogen (secondary N) is 1. The quantitative estimate of drug-likeness (QED) is 0.765. The Bertz CT molecular complexity index is 598. The molecule has 0 amide bonds. The van der Waals surface area contributed by atoms with Crippen molar-refractivity contribution in [2.75, 3.05) is 18.5 Å². The Hall–Kier alpha value is -2.14. The molecule has 1 aromatic carbocycles. The van der Waals surface area contributed by atoms with Crippen molar-refractivity contribution in [3.8, 4) is 0 Å². The largest absolute Gasteiger partial charge is 0.477 e. The van der Waals surface area contributed by atoms with Crippen molar-refractivity contribution >= 4 is 22.6 Å². The van der Waals surface area contributed by atoms with E-state index >= 15 is 0 Å². The molecule has 5 nitrogen and oxygen atoms in total. The second kappa shape index (κ2) is 5.67. The molecule has 3 N–H and O–H groups in total. The fourth-order valence-electron chi connectivity index (χ4n) is 1.78. The lowest BCUT2D eigenvalue weighted by Gasteiger charge is -2.13. The van der Waals surface area contributed by atoms with Crippen molar-refractivity contribution in [1.82, 2.24) is 4.98 Å². The zero-order valence-corrected chi connectivity index (χ0v) is 10.6. The molecule has 0 radical (unpaired) electrons. The number of hydrogen-bond donors (Lipinski definition) is 3. The lowest BCUT2D eigenvalue weighted by atomic mass is 10.1. The predicted molar refractivity (Wildman–Crippen MR) is 73.4 cm³/mol. The molecular weight excluding hydrogens is 244 g/mol. The summed E-state index contributed by atoms with van der Waals surface area (Å²) in [5, 5.41) is 22.9. The van der Waals surface area contributed by atoms with E-state index in [1.807, 2.05) is 31.2 Å². The molecule has 100 valence electrons. The number of fused-ring (bicyclic) bond motifs is 1. The SMILES string of the molecule is CC(CO)CNc1nc(C(=O)O)cc2ccccc12. The third-order valence-electron chi connectivity index (χ3n) is 2.89. The standard InChI is InChI=1S/C14H16N2O3/c1-9(8-17)7-15-13-11-5-3-2-4-10(11)6-12(16-13)14(18)19/h2-6,9,17H,7-8H2,1H3,(H,15,16)(H,18,19). The minimum Gasteiger partial charge on any atom is -0.477 e. The van der Waals surface area contributed by atoms with Gasteiger partial charge in [-0.25, -0.2) is 9.78 Å². The van der Waals surface area contributed by atoms with E-state index in [1.54, 1.807) is 6.07 Å². The summed E-state index contributed by atoms with van der Waals surface area (Å²) in [7, 11) is 0. The number of nitrogens with zero attached hydrogens (tertiary/aromatic N) is 1. The van der Waals surface area contributed by atoms with Crippen LogP contribution in [0.4, 0.5) is 5.82 Å². The molecule has 0 aliphatic carbocycles. The summed E-state index contributed by atoms with van der Waals surface area (Å²) in [5.74, 6) is -0.436. The maximum absolute atomic E-state index is 11.1. The molecule has 1 heterocycles. The third kappa shape index (κ3) is 3.00. The number of pyridine rings is 1. The molecule has 0 aliphatic rings. The van der Waals surface area contributed by atoms with Gasteiger partial charge in [-0.2, -0.15) is 0 Å². The Labute approximate surface area is 110 Å². The average Bonchev–Trinajstić information content (AvgIpc) is 2.43. The van der Waals surface area contributed by atoms with Crippen LogP contribution in [0.2, 0.25) is 0 Å². The van der Waals surface area contributed by atoms with Gasteiger partial charge in [0.1, 0.15) is 5.82 Å². The van der Waals surface area contributed by atoms with Gasteiger partial charge in [-0.1, -0.05) is 31.2 Å². The van der Waals surface area contributed by atoms with Gasteiger partial charge in [0, 0.05) is 18.5 Å². The highest BCUT2D eigenvalue weighted by Crippen LogP contribution is 2.22. The van der Waals surface area contributed by atoms with E-state index < -0.39 is 5.97 Å².